The maximum atomic E-state index is 12.6. The minimum absolute atomic E-state index is 0.0195. The van der Waals surface area contributed by atoms with Gasteiger partial charge >= 0.3 is 19.8 Å². The third kappa shape index (κ3) is 39.4. The number of allylic oxidation sites excluding steroid dienone is 16. The molecule has 0 bridgehead atoms. The number of phosphoric acid groups is 1. The van der Waals surface area contributed by atoms with E-state index in [9.17, 15) is 39.5 Å². The maximum Gasteiger partial charge on any atom is 0.472 e. The molecule has 0 heterocycles. The van der Waals surface area contributed by atoms with Crippen LogP contribution in [-0.4, -0.2) is 99.3 Å². The van der Waals surface area contributed by atoms with Crippen molar-refractivity contribution < 1.29 is 63.1 Å². The Bertz CT molecular complexity index is 1450. The highest BCUT2D eigenvalue weighted by Gasteiger charge is 2.27. The molecule has 0 aromatic heterocycles. The highest BCUT2D eigenvalue weighted by atomic mass is 31.2. The molecule has 0 saturated carbocycles. The Balaban J connectivity index is 4.75. The minimum atomic E-state index is -4.73. The monoisotopic (exact) mass is 893 g/mol. The van der Waals surface area contributed by atoms with E-state index >= 15 is 0 Å². The molecule has 6 N–H and O–H groups in total. The van der Waals surface area contributed by atoms with Crippen LogP contribution < -0.4 is 0 Å². The van der Waals surface area contributed by atoms with E-state index in [2.05, 4.69) is 60.9 Å². The van der Waals surface area contributed by atoms with Crippen LogP contribution in [0, 0.1) is 0 Å². The molecule has 0 aliphatic carbocycles. The molecule has 0 aliphatic heterocycles. The lowest BCUT2D eigenvalue weighted by Gasteiger charge is -2.20. The zero-order chi connectivity index (χ0) is 45.9. The second-order valence-corrected chi connectivity index (χ2v) is 16.0. The summed E-state index contributed by atoms with van der Waals surface area (Å²) in [5, 5.41) is 48.8. The summed E-state index contributed by atoms with van der Waals surface area (Å²) in [7, 11) is -4.73. The Morgan fingerprint density at radius 2 is 1.11 bits per heavy atom. The average Bonchev–Trinajstić information content (AvgIpc) is 3.25. The van der Waals surface area contributed by atoms with Crippen LogP contribution in [0.3, 0.4) is 0 Å². The summed E-state index contributed by atoms with van der Waals surface area (Å²) >= 11 is 0. The van der Waals surface area contributed by atoms with Crippen molar-refractivity contribution >= 4 is 19.8 Å². The molecule has 1 unspecified atom stereocenters. The number of carbonyl (C=O) groups is 2. The van der Waals surface area contributed by atoms with Crippen LogP contribution in [0.15, 0.2) is 109 Å². The number of aliphatic hydroxyl groups excluding tert-OH is 5. The zero-order valence-corrected chi connectivity index (χ0v) is 38.0. The molecule has 62 heavy (non-hydrogen) atoms. The van der Waals surface area contributed by atoms with Gasteiger partial charge < -0.3 is 39.9 Å². The van der Waals surface area contributed by atoms with Crippen molar-refractivity contribution in [3.63, 3.8) is 0 Å². The van der Waals surface area contributed by atoms with E-state index in [0.717, 1.165) is 51.4 Å². The molecule has 14 heteroatoms. The van der Waals surface area contributed by atoms with Crippen LogP contribution in [0.2, 0.25) is 0 Å². The Kier molecular flexibility index (Phi) is 39.2. The fraction of sp³-hybridized carbons (Fsp3) is 0.583. The van der Waals surface area contributed by atoms with Gasteiger partial charge in [0.2, 0.25) is 0 Å². The van der Waals surface area contributed by atoms with E-state index in [1.807, 2.05) is 18.2 Å². The summed E-state index contributed by atoms with van der Waals surface area (Å²) < 4.78 is 32.4. The van der Waals surface area contributed by atoms with E-state index in [1.54, 1.807) is 42.5 Å². The maximum absolute atomic E-state index is 12.6. The lowest BCUT2D eigenvalue weighted by Crippen LogP contribution is -2.30. The zero-order valence-electron chi connectivity index (χ0n) is 37.1. The normalized spacial score (nSPS) is 16.3. The van der Waals surface area contributed by atoms with Gasteiger partial charge in [0.1, 0.15) is 12.7 Å². The molecule has 0 saturated heterocycles. The number of phosphoric ester groups is 1. The molecular weight excluding hydrogens is 815 g/mol. The number of aliphatic hydroxyl groups is 5. The summed E-state index contributed by atoms with van der Waals surface area (Å²) in [5.41, 5.74) is 0. The molecule has 0 amide bonds. The van der Waals surface area contributed by atoms with Crippen LogP contribution in [-0.2, 0) is 32.7 Å². The molecule has 0 aromatic carbocycles. The molecule has 0 aliphatic rings. The second kappa shape index (κ2) is 41.5. The fourth-order valence-electron chi connectivity index (χ4n) is 5.18. The first-order valence-electron chi connectivity index (χ1n) is 22.2. The molecule has 0 spiro atoms. The molecular formula is C48H77O13P. The van der Waals surface area contributed by atoms with Gasteiger partial charge in [0, 0.05) is 12.8 Å². The van der Waals surface area contributed by atoms with E-state index in [1.165, 1.54) is 25.3 Å². The molecule has 6 atom stereocenters. The molecule has 352 valence electrons. The number of hydrogen-bond acceptors (Lipinski definition) is 12. The topological polar surface area (TPSA) is 210 Å². The van der Waals surface area contributed by atoms with Gasteiger partial charge in [-0.3, -0.25) is 18.6 Å². The second-order valence-electron chi connectivity index (χ2n) is 14.6. The smallest absolute Gasteiger partial charge is 0.462 e. The van der Waals surface area contributed by atoms with Crippen molar-refractivity contribution in [2.45, 2.75) is 154 Å². The number of hydrogen-bond donors (Lipinski definition) is 6. The summed E-state index contributed by atoms with van der Waals surface area (Å²) in [6, 6.07) is 0. The van der Waals surface area contributed by atoms with Crippen LogP contribution in [0.1, 0.15) is 123 Å². The van der Waals surface area contributed by atoms with Gasteiger partial charge in [-0.1, -0.05) is 155 Å². The number of rotatable bonds is 39. The number of esters is 2. The Morgan fingerprint density at radius 3 is 1.71 bits per heavy atom. The fourth-order valence-corrected chi connectivity index (χ4v) is 5.97. The molecule has 13 nitrogen and oxygen atoms in total. The van der Waals surface area contributed by atoms with Crippen molar-refractivity contribution in [3.05, 3.63) is 109 Å². The van der Waals surface area contributed by atoms with E-state index in [-0.39, 0.29) is 25.7 Å². The van der Waals surface area contributed by atoms with Gasteiger partial charge in [-0.25, -0.2) is 4.57 Å². The van der Waals surface area contributed by atoms with Crippen LogP contribution in [0.25, 0.3) is 0 Å². The van der Waals surface area contributed by atoms with Gasteiger partial charge in [0.05, 0.1) is 38.1 Å². The van der Waals surface area contributed by atoms with Gasteiger partial charge in [-0.15, -0.1) is 0 Å². The summed E-state index contributed by atoms with van der Waals surface area (Å²) in [6.07, 6.45) is 41.5. The quantitative estimate of drug-likeness (QED) is 0.0112. The van der Waals surface area contributed by atoms with Crippen molar-refractivity contribution in [2.24, 2.45) is 0 Å². The predicted molar refractivity (Wildman–Crippen MR) is 246 cm³/mol. The SMILES string of the molecule is CCCCC/C=C\C/C=C\C/C=C\C/C=C\C/C=C\CCC(=O)O[C@H](COC(=O)CCC[C@@H](O)[C@H](O)/C=C/C=C/C=C\C=C\[C@H](O)CCCCC)COP(=O)(O)OC[C@@H](O)CO. The predicted octanol–water partition coefficient (Wildman–Crippen LogP) is 8.69. The number of unbranched alkanes of at least 4 members (excludes halogenated alkanes) is 5. The first-order valence-corrected chi connectivity index (χ1v) is 23.7. The van der Waals surface area contributed by atoms with Crippen molar-refractivity contribution in [1.29, 1.82) is 0 Å². The van der Waals surface area contributed by atoms with Crippen molar-refractivity contribution in [1.82, 2.24) is 0 Å². The van der Waals surface area contributed by atoms with E-state index < -0.39 is 76.7 Å². The third-order valence-corrected chi connectivity index (χ3v) is 9.73. The molecule has 0 aromatic rings. The van der Waals surface area contributed by atoms with Gasteiger partial charge in [0.25, 0.3) is 0 Å². The largest absolute Gasteiger partial charge is 0.472 e. The van der Waals surface area contributed by atoms with E-state index in [0.29, 0.717) is 12.8 Å². The molecule has 0 fully saturated rings. The van der Waals surface area contributed by atoms with Crippen molar-refractivity contribution in [3.8, 4) is 0 Å². The number of carbonyl (C=O) groups excluding carboxylic acids is 2. The van der Waals surface area contributed by atoms with Crippen LogP contribution >= 0.6 is 7.82 Å². The van der Waals surface area contributed by atoms with Crippen LogP contribution in [0.5, 0.6) is 0 Å². The first-order chi connectivity index (χ1) is 29.9. The number of ether oxygens (including phenoxy) is 2. The minimum Gasteiger partial charge on any atom is -0.462 e. The van der Waals surface area contributed by atoms with Gasteiger partial charge in [-0.2, -0.15) is 0 Å². The van der Waals surface area contributed by atoms with Gasteiger partial charge in [0.15, 0.2) is 6.10 Å². The van der Waals surface area contributed by atoms with Crippen molar-refractivity contribution in [2.75, 3.05) is 26.4 Å². The van der Waals surface area contributed by atoms with E-state index in [4.69, 9.17) is 19.1 Å². The molecule has 0 rings (SSSR count). The Hall–Kier alpha value is -3.49. The molecule has 0 radical (unpaired) electrons. The highest BCUT2D eigenvalue weighted by Crippen LogP contribution is 2.43. The highest BCUT2D eigenvalue weighted by molar-refractivity contribution is 7.47. The summed E-state index contributed by atoms with van der Waals surface area (Å²) in [5.74, 6) is -1.36. The lowest BCUT2D eigenvalue weighted by atomic mass is 10.1. The first kappa shape index (κ1) is 58.5. The Morgan fingerprint density at radius 1 is 0.581 bits per heavy atom. The standard InChI is InChI=1S/C48H77O13P/c1-3-5-7-8-9-10-11-12-13-14-15-16-17-18-19-20-21-26-30-36-48(55)61-44(41-60-62(56,57)59-39-43(51)38-49)40-58-47(54)37-31-35-46(53)45(52)34-29-25-23-22-24-28-33-42(50)32-27-6-4-2/h9-10,12-13,15-16,18-19,21-26,28-29,33-34,42-46,49-53H,3-8,11,14,17,20,27,30-32,35-41H2,1-2H3,(H,56,57)/b10-9-,13-12-,16-15-,19-18-,24-22-,25-23+,26-21-,33-28+,34-29+/t42-,43+,44-,45-,46-/m1/s1. The summed E-state index contributed by atoms with van der Waals surface area (Å²) in [4.78, 5) is 35.0. The van der Waals surface area contributed by atoms with Gasteiger partial charge in [-0.05, 0) is 64.2 Å². The Labute approximate surface area is 371 Å². The lowest BCUT2D eigenvalue weighted by molar-refractivity contribution is -0.161. The summed E-state index contributed by atoms with van der Waals surface area (Å²) in [6.45, 7) is 1.74. The van der Waals surface area contributed by atoms with Crippen LogP contribution in [0.4, 0.5) is 0 Å². The third-order valence-electron chi connectivity index (χ3n) is 8.78. The average molecular weight is 893 g/mol.